The first-order chi connectivity index (χ1) is 8.59. The molecule has 0 aliphatic heterocycles. The third-order valence-corrected chi connectivity index (χ3v) is 3.68. The summed E-state index contributed by atoms with van der Waals surface area (Å²) in [6, 6.07) is 7.70. The molecule has 1 aromatic carbocycles. The van der Waals surface area contributed by atoms with E-state index < -0.39 is 5.97 Å². The maximum atomic E-state index is 12.2. The van der Waals surface area contributed by atoms with E-state index >= 15 is 0 Å². The summed E-state index contributed by atoms with van der Waals surface area (Å²) < 4.78 is 1.06. The van der Waals surface area contributed by atoms with Gasteiger partial charge in [-0.3, -0.25) is 9.59 Å². The van der Waals surface area contributed by atoms with Gasteiger partial charge in [0.1, 0.15) is 0 Å². The fourth-order valence-corrected chi connectivity index (χ4v) is 2.65. The summed E-state index contributed by atoms with van der Waals surface area (Å²) in [5.74, 6) is -1.03. The molecule has 0 bridgehead atoms. The molecule has 0 saturated heterocycles. The van der Waals surface area contributed by atoms with Crippen LogP contribution in [-0.2, 0) is 4.79 Å². The smallest absolute Gasteiger partial charge is 0.305 e. The maximum absolute atomic E-state index is 12.2. The second-order valence-electron chi connectivity index (χ2n) is 4.02. The Balaban J connectivity index is 2.20. The number of hydrogen-bond acceptors (Lipinski definition) is 3. The monoisotopic (exact) mass is 263 g/mol. The molecule has 0 unspecified atom stereocenters. The SMILES string of the molecule is CN(CCC(=O)O)C(=O)c1csc2ccccc12. The van der Waals surface area contributed by atoms with Crippen molar-refractivity contribution in [1.29, 1.82) is 0 Å². The van der Waals surface area contributed by atoms with E-state index in [1.165, 1.54) is 16.2 Å². The van der Waals surface area contributed by atoms with Crippen LogP contribution in [0, 0.1) is 0 Å². The standard InChI is InChI=1S/C13H13NO3S/c1-14(7-6-12(15)16)13(17)10-8-18-11-5-3-2-4-9(10)11/h2-5,8H,6-7H2,1H3,(H,15,16). The molecule has 94 valence electrons. The quantitative estimate of drug-likeness (QED) is 0.921. The zero-order valence-corrected chi connectivity index (χ0v) is 10.7. The lowest BCUT2D eigenvalue weighted by Crippen LogP contribution is -2.28. The summed E-state index contributed by atoms with van der Waals surface area (Å²) >= 11 is 1.52. The Labute approximate surface area is 108 Å². The number of nitrogens with zero attached hydrogens (tertiary/aromatic N) is 1. The van der Waals surface area contributed by atoms with Crippen LogP contribution in [0.25, 0.3) is 10.1 Å². The predicted octanol–water partition coefficient (Wildman–Crippen LogP) is 2.45. The first kappa shape index (κ1) is 12.6. The molecule has 1 N–H and O–H groups in total. The topological polar surface area (TPSA) is 57.6 Å². The lowest BCUT2D eigenvalue weighted by atomic mass is 10.1. The number of carboxylic acids is 1. The van der Waals surface area contributed by atoms with Crippen molar-refractivity contribution in [3.8, 4) is 0 Å². The van der Waals surface area contributed by atoms with Gasteiger partial charge in [0.15, 0.2) is 0 Å². The molecule has 2 rings (SSSR count). The second kappa shape index (κ2) is 5.18. The van der Waals surface area contributed by atoms with Crippen LogP contribution in [0.4, 0.5) is 0 Å². The molecule has 0 aliphatic carbocycles. The lowest BCUT2D eigenvalue weighted by molar-refractivity contribution is -0.137. The molecule has 1 amide bonds. The number of benzene rings is 1. The first-order valence-electron chi connectivity index (χ1n) is 5.53. The summed E-state index contributed by atoms with van der Waals surface area (Å²) in [5.41, 5.74) is 0.642. The molecule has 4 nitrogen and oxygen atoms in total. The molecular formula is C13H13NO3S. The summed E-state index contributed by atoms with van der Waals surface area (Å²) in [7, 11) is 1.62. The molecule has 5 heteroatoms. The Morgan fingerprint density at radius 2 is 2.06 bits per heavy atom. The van der Waals surface area contributed by atoms with Gasteiger partial charge < -0.3 is 10.0 Å². The fourth-order valence-electron chi connectivity index (χ4n) is 1.71. The largest absolute Gasteiger partial charge is 0.481 e. The number of carbonyl (C=O) groups is 2. The average molecular weight is 263 g/mol. The Bertz CT molecular complexity index is 591. The maximum Gasteiger partial charge on any atom is 0.305 e. The van der Waals surface area contributed by atoms with Crippen LogP contribution >= 0.6 is 11.3 Å². The van der Waals surface area contributed by atoms with E-state index in [9.17, 15) is 9.59 Å². The number of hydrogen-bond donors (Lipinski definition) is 1. The molecule has 0 saturated carbocycles. The molecule has 0 atom stereocenters. The van der Waals surface area contributed by atoms with Gasteiger partial charge in [0.25, 0.3) is 5.91 Å². The number of aliphatic carboxylic acids is 1. The summed E-state index contributed by atoms with van der Waals surface area (Å²) in [4.78, 5) is 24.1. The highest BCUT2D eigenvalue weighted by Gasteiger charge is 2.16. The molecule has 0 spiro atoms. The van der Waals surface area contributed by atoms with Gasteiger partial charge in [-0.1, -0.05) is 18.2 Å². The molecule has 0 fully saturated rings. The predicted molar refractivity (Wildman–Crippen MR) is 71.0 cm³/mol. The van der Waals surface area contributed by atoms with Crippen molar-refractivity contribution in [3.63, 3.8) is 0 Å². The van der Waals surface area contributed by atoms with Crippen molar-refractivity contribution in [3.05, 3.63) is 35.2 Å². The van der Waals surface area contributed by atoms with Crippen molar-refractivity contribution in [2.24, 2.45) is 0 Å². The van der Waals surface area contributed by atoms with E-state index in [-0.39, 0.29) is 18.9 Å². The minimum absolute atomic E-state index is 0.0374. The molecule has 0 radical (unpaired) electrons. The van der Waals surface area contributed by atoms with Gasteiger partial charge in [-0.05, 0) is 6.07 Å². The minimum Gasteiger partial charge on any atom is -0.481 e. The fraction of sp³-hybridized carbons (Fsp3) is 0.231. The van der Waals surface area contributed by atoms with Crippen molar-refractivity contribution in [1.82, 2.24) is 4.90 Å². The Kier molecular flexibility index (Phi) is 3.62. The average Bonchev–Trinajstić information content (AvgIpc) is 2.78. The highest BCUT2D eigenvalue weighted by atomic mass is 32.1. The van der Waals surface area contributed by atoms with Crippen molar-refractivity contribution < 1.29 is 14.7 Å². The summed E-state index contributed by atoms with van der Waals surface area (Å²) in [6.07, 6.45) is -0.0374. The Morgan fingerprint density at radius 3 is 2.78 bits per heavy atom. The van der Waals surface area contributed by atoms with E-state index in [1.54, 1.807) is 7.05 Å². The van der Waals surface area contributed by atoms with E-state index in [2.05, 4.69) is 0 Å². The normalized spacial score (nSPS) is 10.5. The van der Waals surface area contributed by atoms with E-state index in [0.29, 0.717) is 5.56 Å². The summed E-state index contributed by atoms with van der Waals surface area (Å²) in [5, 5.41) is 11.4. The van der Waals surface area contributed by atoms with Crippen LogP contribution in [0.2, 0.25) is 0 Å². The lowest BCUT2D eigenvalue weighted by Gasteiger charge is -2.15. The Morgan fingerprint density at radius 1 is 1.33 bits per heavy atom. The van der Waals surface area contributed by atoms with E-state index in [0.717, 1.165) is 10.1 Å². The van der Waals surface area contributed by atoms with E-state index in [4.69, 9.17) is 5.11 Å². The number of amides is 1. The Hall–Kier alpha value is -1.88. The number of rotatable bonds is 4. The molecule has 18 heavy (non-hydrogen) atoms. The van der Waals surface area contributed by atoms with Gasteiger partial charge in [-0.15, -0.1) is 11.3 Å². The zero-order chi connectivity index (χ0) is 13.1. The van der Waals surface area contributed by atoms with Gasteiger partial charge in [-0.2, -0.15) is 0 Å². The minimum atomic E-state index is -0.898. The van der Waals surface area contributed by atoms with Crippen LogP contribution in [0.15, 0.2) is 29.6 Å². The molecule has 0 aliphatic rings. The van der Waals surface area contributed by atoms with Gasteiger partial charge in [0, 0.05) is 29.1 Å². The van der Waals surface area contributed by atoms with E-state index in [1.807, 2.05) is 29.6 Å². The van der Waals surface area contributed by atoms with Crippen molar-refractivity contribution in [2.45, 2.75) is 6.42 Å². The van der Waals surface area contributed by atoms with Gasteiger partial charge in [0.2, 0.25) is 0 Å². The molecule has 1 heterocycles. The number of carboxylic acid groups (broad SMARTS) is 1. The molecule has 1 aromatic heterocycles. The highest BCUT2D eigenvalue weighted by Crippen LogP contribution is 2.26. The van der Waals surface area contributed by atoms with Crippen LogP contribution in [0.3, 0.4) is 0 Å². The van der Waals surface area contributed by atoms with Gasteiger partial charge >= 0.3 is 5.97 Å². The van der Waals surface area contributed by atoms with Gasteiger partial charge in [-0.25, -0.2) is 0 Å². The number of thiophene rings is 1. The van der Waals surface area contributed by atoms with Crippen LogP contribution in [0.5, 0.6) is 0 Å². The molecular weight excluding hydrogens is 250 g/mol. The second-order valence-corrected chi connectivity index (χ2v) is 4.93. The van der Waals surface area contributed by atoms with Crippen LogP contribution < -0.4 is 0 Å². The number of fused-ring (bicyclic) bond motifs is 1. The van der Waals surface area contributed by atoms with Crippen molar-refractivity contribution in [2.75, 3.05) is 13.6 Å². The van der Waals surface area contributed by atoms with Crippen molar-refractivity contribution >= 4 is 33.3 Å². The first-order valence-corrected chi connectivity index (χ1v) is 6.41. The van der Waals surface area contributed by atoms with Gasteiger partial charge in [0.05, 0.1) is 12.0 Å². The summed E-state index contributed by atoms with van der Waals surface area (Å²) in [6.45, 7) is 0.221. The zero-order valence-electron chi connectivity index (χ0n) is 9.92. The van der Waals surface area contributed by atoms with Crippen LogP contribution in [-0.4, -0.2) is 35.5 Å². The third kappa shape index (κ3) is 2.51. The highest BCUT2D eigenvalue weighted by molar-refractivity contribution is 7.17. The van der Waals surface area contributed by atoms with Crippen LogP contribution in [0.1, 0.15) is 16.8 Å². The third-order valence-electron chi connectivity index (χ3n) is 2.72. The number of carbonyl (C=O) groups excluding carboxylic acids is 1. The molecule has 2 aromatic rings.